The van der Waals surface area contributed by atoms with E-state index >= 15 is 0 Å². The highest BCUT2D eigenvalue weighted by atomic mass is 35.5. The molecular formula is C19H24Cl2FN3O. The van der Waals surface area contributed by atoms with Crippen LogP contribution < -0.4 is 5.73 Å². The number of nitrogens with two attached hydrogens (primary N) is 1. The van der Waals surface area contributed by atoms with Crippen LogP contribution in [0.4, 0.5) is 4.39 Å². The zero-order valence-electron chi connectivity index (χ0n) is 14.7. The van der Waals surface area contributed by atoms with Crippen molar-refractivity contribution in [3.63, 3.8) is 0 Å². The van der Waals surface area contributed by atoms with Crippen LogP contribution in [-0.4, -0.2) is 35.4 Å². The number of hydrogen-bond acceptors (Lipinski definition) is 3. The Morgan fingerprint density at radius 2 is 2.08 bits per heavy atom. The molecule has 1 aromatic carbocycles. The predicted octanol–water partition coefficient (Wildman–Crippen LogP) is 3.91. The van der Waals surface area contributed by atoms with Crippen molar-refractivity contribution >= 4 is 41.6 Å². The lowest BCUT2D eigenvalue weighted by Gasteiger charge is -2.23. The van der Waals surface area contributed by atoms with Gasteiger partial charge in [-0.05, 0) is 55.5 Å². The number of hydrogen-bond donors (Lipinski definition) is 1. The van der Waals surface area contributed by atoms with E-state index < -0.39 is 0 Å². The highest BCUT2D eigenvalue weighted by molar-refractivity contribution is 6.06. The van der Waals surface area contributed by atoms with Gasteiger partial charge in [-0.15, -0.1) is 24.8 Å². The smallest absolute Gasteiger partial charge is 0.254 e. The van der Waals surface area contributed by atoms with E-state index in [0.717, 1.165) is 25.0 Å². The van der Waals surface area contributed by atoms with E-state index in [-0.39, 0.29) is 42.0 Å². The molecule has 2 fully saturated rings. The second-order valence-electron chi connectivity index (χ2n) is 7.52. The molecule has 142 valence electrons. The first kappa shape index (κ1) is 20.9. The predicted molar refractivity (Wildman–Crippen MR) is 106 cm³/mol. The monoisotopic (exact) mass is 399 g/mol. The van der Waals surface area contributed by atoms with E-state index in [4.69, 9.17) is 5.73 Å². The Morgan fingerprint density at radius 3 is 2.69 bits per heavy atom. The average molecular weight is 400 g/mol. The zero-order valence-corrected chi connectivity index (χ0v) is 16.3. The lowest BCUT2D eigenvalue weighted by molar-refractivity contribution is 0.0778. The summed E-state index contributed by atoms with van der Waals surface area (Å²) in [4.78, 5) is 19.6. The number of rotatable bonds is 3. The first-order valence-electron chi connectivity index (χ1n) is 8.59. The van der Waals surface area contributed by atoms with Crippen LogP contribution in [0, 0.1) is 11.2 Å². The Bertz CT molecular complexity index is 828. The average Bonchev–Trinajstić information content (AvgIpc) is 3.36. The molecule has 2 aliphatic rings. The van der Waals surface area contributed by atoms with Crippen molar-refractivity contribution in [3.8, 4) is 0 Å². The van der Waals surface area contributed by atoms with Gasteiger partial charge in [0.15, 0.2) is 0 Å². The van der Waals surface area contributed by atoms with E-state index in [1.54, 1.807) is 6.07 Å². The minimum atomic E-state index is -0.342. The Labute approximate surface area is 165 Å². The first-order chi connectivity index (χ1) is 11.5. The Hall–Kier alpha value is -1.43. The Balaban J connectivity index is 0.00000121. The molecule has 1 aliphatic carbocycles. The van der Waals surface area contributed by atoms with Crippen LogP contribution in [0.2, 0.25) is 0 Å². The minimum absolute atomic E-state index is 0. The van der Waals surface area contributed by atoms with Crippen molar-refractivity contribution < 1.29 is 9.18 Å². The molecule has 4 rings (SSSR count). The summed E-state index contributed by atoms with van der Waals surface area (Å²) in [7, 11) is 0. The maximum Gasteiger partial charge on any atom is 0.254 e. The van der Waals surface area contributed by atoms with Crippen molar-refractivity contribution in [3.05, 3.63) is 41.3 Å². The molecule has 1 atom stereocenters. The van der Waals surface area contributed by atoms with Gasteiger partial charge in [0, 0.05) is 30.1 Å². The van der Waals surface area contributed by atoms with E-state index in [1.807, 2.05) is 11.0 Å². The number of benzene rings is 1. The molecule has 1 aromatic heterocycles. The summed E-state index contributed by atoms with van der Waals surface area (Å²) < 4.78 is 13.7. The van der Waals surface area contributed by atoms with Gasteiger partial charge >= 0.3 is 0 Å². The highest BCUT2D eigenvalue weighted by Crippen LogP contribution is 2.40. The topological polar surface area (TPSA) is 59.2 Å². The summed E-state index contributed by atoms with van der Waals surface area (Å²) in [5.41, 5.74) is 8.06. The normalized spacial score (nSPS) is 22.0. The fourth-order valence-electron chi connectivity index (χ4n) is 3.52. The lowest BCUT2D eigenvalue weighted by Crippen LogP contribution is -2.34. The maximum absolute atomic E-state index is 13.7. The van der Waals surface area contributed by atoms with E-state index in [1.165, 1.54) is 12.1 Å². The van der Waals surface area contributed by atoms with Crippen LogP contribution in [0.15, 0.2) is 24.3 Å². The van der Waals surface area contributed by atoms with Crippen molar-refractivity contribution in [1.29, 1.82) is 0 Å². The molecule has 4 nitrogen and oxygen atoms in total. The van der Waals surface area contributed by atoms with Gasteiger partial charge in [-0.1, -0.05) is 6.92 Å². The van der Waals surface area contributed by atoms with E-state index in [2.05, 4.69) is 11.9 Å². The van der Waals surface area contributed by atoms with Gasteiger partial charge in [-0.3, -0.25) is 9.78 Å². The SMILES string of the molecule is CC1(CN)CCN(C(=O)c2cc(C3CC3)nc3ccc(F)cc23)C1.Cl.Cl. The molecule has 1 aliphatic heterocycles. The van der Waals surface area contributed by atoms with Crippen LogP contribution >= 0.6 is 24.8 Å². The Kier molecular flexibility index (Phi) is 6.16. The summed E-state index contributed by atoms with van der Waals surface area (Å²) in [6, 6.07) is 6.37. The molecule has 26 heavy (non-hydrogen) atoms. The number of carbonyl (C=O) groups excluding carboxylic acids is 1. The maximum atomic E-state index is 13.7. The first-order valence-corrected chi connectivity index (χ1v) is 8.59. The molecule has 1 saturated heterocycles. The Morgan fingerprint density at radius 1 is 1.35 bits per heavy atom. The summed E-state index contributed by atoms with van der Waals surface area (Å²) in [5, 5.41) is 0.603. The lowest BCUT2D eigenvalue weighted by atomic mass is 9.90. The standard InChI is InChI=1S/C19H22FN3O.2ClH/c1-19(10-21)6-7-23(11-19)18(24)15-9-17(12-2-3-12)22-16-5-4-13(20)8-14(15)16;;/h4-5,8-9,12H,2-3,6-7,10-11,21H2,1H3;2*1H. The van der Waals surface area contributed by atoms with Crippen molar-refractivity contribution in [2.75, 3.05) is 19.6 Å². The third kappa shape index (κ3) is 3.80. The fourth-order valence-corrected chi connectivity index (χ4v) is 3.52. The molecule has 1 unspecified atom stereocenters. The van der Waals surface area contributed by atoms with Gasteiger partial charge in [-0.2, -0.15) is 0 Å². The number of aromatic nitrogens is 1. The van der Waals surface area contributed by atoms with Gasteiger partial charge in [0.25, 0.3) is 5.91 Å². The van der Waals surface area contributed by atoms with Gasteiger partial charge in [0.05, 0.1) is 11.1 Å². The van der Waals surface area contributed by atoms with Crippen LogP contribution in [0.1, 0.15) is 48.2 Å². The number of pyridine rings is 1. The van der Waals surface area contributed by atoms with E-state index in [9.17, 15) is 9.18 Å². The third-order valence-electron chi connectivity index (χ3n) is 5.35. The number of fused-ring (bicyclic) bond motifs is 1. The summed E-state index contributed by atoms with van der Waals surface area (Å²) in [5.74, 6) is 0.0664. The molecule has 2 heterocycles. The van der Waals surface area contributed by atoms with Crippen LogP contribution in [0.3, 0.4) is 0 Å². The van der Waals surface area contributed by atoms with Crippen molar-refractivity contribution in [2.45, 2.75) is 32.1 Å². The van der Waals surface area contributed by atoms with Crippen LogP contribution in [0.5, 0.6) is 0 Å². The summed E-state index contributed by atoms with van der Waals surface area (Å²) >= 11 is 0. The van der Waals surface area contributed by atoms with Crippen molar-refractivity contribution in [1.82, 2.24) is 9.88 Å². The van der Waals surface area contributed by atoms with Crippen LogP contribution in [0.25, 0.3) is 10.9 Å². The fraction of sp³-hybridized carbons (Fsp3) is 0.474. The largest absolute Gasteiger partial charge is 0.338 e. The third-order valence-corrected chi connectivity index (χ3v) is 5.35. The highest BCUT2D eigenvalue weighted by Gasteiger charge is 2.36. The molecule has 2 N–H and O–H groups in total. The quantitative estimate of drug-likeness (QED) is 0.850. The molecule has 2 aromatic rings. The van der Waals surface area contributed by atoms with Gasteiger partial charge in [-0.25, -0.2) is 4.39 Å². The number of amides is 1. The summed E-state index contributed by atoms with van der Waals surface area (Å²) in [6.45, 7) is 4.03. The van der Waals surface area contributed by atoms with Crippen molar-refractivity contribution in [2.24, 2.45) is 11.1 Å². The van der Waals surface area contributed by atoms with Crippen LogP contribution in [-0.2, 0) is 0 Å². The molecule has 0 bridgehead atoms. The molecular weight excluding hydrogens is 376 g/mol. The molecule has 7 heteroatoms. The number of halogens is 3. The number of carbonyl (C=O) groups is 1. The minimum Gasteiger partial charge on any atom is -0.338 e. The molecule has 0 radical (unpaired) electrons. The molecule has 0 spiro atoms. The second-order valence-corrected chi connectivity index (χ2v) is 7.52. The van der Waals surface area contributed by atoms with Gasteiger partial charge < -0.3 is 10.6 Å². The number of nitrogens with zero attached hydrogens (tertiary/aromatic N) is 2. The van der Waals surface area contributed by atoms with E-state index in [0.29, 0.717) is 42.0 Å². The summed E-state index contributed by atoms with van der Waals surface area (Å²) in [6.07, 6.45) is 3.13. The number of likely N-dealkylation sites (tertiary alicyclic amines) is 1. The molecule has 1 saturated carbocycles. The van der Waals surface area contributed by atoms with Gasteiger partial charge in [0.1, 0.15) is 5.82 Å². The second kappa shape index (κ2) is 7.67. The molecule has 1 amide bonds. The zero-order chi connectivity index (χ0) is 16.9. The van der Waals surface area contributed by atoms with Gasteiger partial charge in [0.2, 0.25) is 0 Å².